The second-order valence-corrected chi connectivity index (χ2v) is 4.94. The van der Waals surface area contributed by atoms with Crippen molar-refractivity contribution in [1.29, 1.82) is 0 Å². The Kier molecular flexibility index (Phi) is 2.63. The third-order valence-electron chi connectivity index (χ3n) is 2.88. The fourth-order valence-electron chi connectivity index (χ4n) is 1.89. The zero-order chi connectivity index (χ0) is 13.6. The van der Waals surface area contributed by atoms with Crippen molar-refractivity contribution in [3.05, 3.63) is 49.6 Å². The molecule has 0 spiro atoms. The van der Waals surface area contributed by atoms with Gasteiger partial charge in [0, 0.05) is 17.1 Å². The Morgan fingerprint density at radius 2 is 1.95 bits per heavy atom. The first-order chi connectivity index (χ1) is 9.08. The summed E-state index contributed by atoms with van der Waals surface area (Å²) in [6.45, 7) is 0. The molecule has 3 aromatic rings. The van der Waals surface area contributed by atoms with Crippen molar-refractivity contribution >= 4 is 27.1 Å². The number of nitrogens with one attached hydrogen (secondary N) is 2. The molecule has 2 aromatic heterocycles. The summed E-state index contributed by atoms with van der Waals surface area (Å²) in [5.41, 5.74) is 0.490. The summed E-state index contributed by atoms with van der Waals surface area (Å²) in [6.07, 6.45) is 0. The van der Waals surface area contributed by atoms with Gasteiger partial charge in [-0.05, 0) is 6.07 Å². The Hall–Kier alpha value is -2.15. The van der Waals surface area contributed by atoms with E-state index in [9.17, 15) is 9.59 Å². The minimum absolute atomic E-state index is 0.285. The third kappa shape index (κ3) is 1.82. The number of hydrogen-bond donors (Lipinski definition) is 2. The van der Waals surface area contributed by atoms with Gasteiger partial charge in [-0.1, -0.05) is 34.1 Å². The van der Waals surface area contributed by atoms with Gasteiger partial charge < -0.3 is 4.98 Å². The Labute approximate surface area is 115 Å². The molecule has 0 aliphatic heterocycles. The van der Waals surface area contributed by atoms with Crippen LogP contribution in [0, 0.1) is 0 Å². The standard InChI is InChI=1S/C12H9BrN4O2/c1-17-10-8(11(18)16-12(17)19)14-9(15-10)6-4-2-3-5-7(6)13/h2-5H,1H3,(H,14,15)(H,16,18,19). The van der Waals surface area contributed by atoms with Gasteiger partial charge in [0.15, 0.2) is 5.65 Å². The summed E-state index contributed by atoms with van der Waals surface area (Å²) in [7, 11) is 1.56. The van der Waals surface area contributed by atoms with Gasteiger partial charge >= 0.3 is 5.69 Å². The molecule has 96 valence electrons. The molecular weight excluding hydrogens is 312 g/mol. The predicted molar refractivity (Wildman–Crippen MR) is 75.1 cm³/mol. The number of halogens is 1. The van der Waals surface area contributed by atoms with E-state index in [-0.39, 0.29) is 5.52 Å². The fraction of sp³-hybridized carbons (Fsp3) is 0.0833. The van der Waals surface area contributed by atoms with Crippen molar-refractivity contribution in [3.63, 3.8) is 0 Å². The van der Waals surface area contributed by atoms with E-state index < -0.39 is 11.2 Å². The van der Waals surface area contributed by atoms with Crippen LogP contribution in [0.25, 0.3) is 22.6 Å². The molecule has 0 unspecified atom stereocenters. The highest BCUT2D eigenvalue weighted by molar-refractivity contribution is 9.10. The molecule has 0 aliphatic carbocycles. The van der Waals surface area contributed by atoms with Crippen LogP contribution in [0.4, 0.5) is 0 Å². The maximum atomic E-state index is 11.7. The molecule has 1 aromatic carbocycles. The van der Waals surface area contributed by atoms with E-state index >= 15 is 0 Å². The largest absolute Gasteiger partial charge is 0.332 e. The van der Waals surface area contributed by atoms with Crippen LogP contribution >= 0.6 is 15.9 Å². The number of rotatable bonds is 1. The lowest BCUT2D eigenvalue weighted by atomic mass is 10.2. The summed E-state index contributed by atoms with van der Waals surface area (Å²) in [6, 6.07) is 7.51. The van der Waals surface area contributed by atoms with Gasteiger partial charge in [0.1, 0.15) is 11.3 Å². The Bertz CT molecular complexity index is 891. The molecule has 0 radical (unpaired) electrons. The van der Waals surface area contributed by atoms with E-state index in [2.05, 4.69) is 30.9 Å². The quantitative estimate of drug-likeness (QED) is 0.710. The second-order valence-electron chi connectivity index (χ2n) is 4.08. The van der Waals surface area contributed by atoms with E-state index in [0.29, 0.717) is 11.5 Å². The molecule has 0 saturated carbocycles. The number of H-pyrrole nitrogens is 2. The number of aryl methyl sites for hydroxylation is 1. The molecule has 0 aliphatic rings. The van der Waals surface area contributed by atoms with Gasteiger partial charge in [0.25, 0.3) is 5.56 Å². The van der Waals surface area contributed by atoms with Crippen LogP contribution in [-0.4, -0.2) is 19.5 Å². The van der Waals surface area contributed by atoms with Crippen molar-refractivity contribution in [1.82, 2.24) is 19.5 Å². The van der Waals surface area contributed by atoms with E-state index in [0.717, 1.165) is 10.0 Å². The minimum Gasteiger partial charge on any atom is -0.332 e. The molecule has 2 heterocycles. The number of imidazole rings is 1. The van der Waals surface area contributed by atoms with Crippen LogP contribution in [0.3, 0.4) is 0 Å². The van der Waals surface area contributed by atoms with E-state index in [4.69, 9.17) is 0 Å². The fourth-order valence-corrected chi connectivity index (χ4v) is 2.36. The first-order valence-corrected chi connectivity index (χ1v) is 6.31. The van der Waals surface area contributed by atoms with E-state index in [1.54, 1.807) is 7.05 Å². The molecule has 7 heteroatoms. The van der Waals surface area contributed by atoms with E-state index in [1.807, 2.05) is 24.3 Å². The molecule has 0 fully saturated rings. The van der Waals surface area contributed by atoms with Gasteiger partial charge in [-0.2, -0.15) is 0 Å². The normalized spacial score (nSPS) is 11.1. The van der Waals surface area contributed by atoms with Crippen LogP contribution in [0.1, 0.15) is 0 Å². The van der Waals surface area contributed by atoms with E-state index in [1.165, 1.54) is 4.57 Å². The van der Waals surface area contributed by atoms with Crippen molar-refractivity contribution in [2.75, 3.05) is 0 Å². The molecule has 2 N–H and O–H groups in total. The smallest absolute Gasteiger partial charge is 0.329 e. The summed E-state index contributed by atoms with van der Waals surface area (Å²) in [5, 5.41) is 0. The van der Waals surface area contributed by atoms with Crippen LogP contribution < -0.4 is 11.2 Å². The van der Waals surface area contributed by atoms with Gasteiger partial charge in [-0.25, -0.2) is 9.78 Å². The monoisotopic (exact) mass is 320 g/mol. The topological polar surface area (TPSA) is 83.5 Å². The highest BCUT2D eigenvalue weighted by atomic mass is 79.9. The van der Waals surface area contributed by atoms with Gasteiger partial charge in [0.2, 0.25) is 0 Å². The van der Waals surface area contributed by atoms with Crippen molar-refractivity contribution < 1.29 is 0 Å². The first-order valence-electron chi connectivity index (χ1n) is 5.52. The number of fused-ring (bicyclic) bond motifs is 1. The average molecular weight is 321 g/mol. The highest BCUT2D eigenvalue weighted by Gasteiger charge is 2.13. The lowest BCUT2D eigenvalue weighted by Gasteiger charge is -1.98. The average Bonchev–Trinajstić information content (AvgIpc) is 2.82. The Morgan fingerprint density at radius 3 is 2.68 bits per heavy atom. The molecule has 0 saturated heterocycles. The molecule has 3 rings (SSSR count). The zero-order valence-corrected chi connectivity index (χ0v) is 11.5. The molecular formula is C12H9BrN4O2. The van der Waals surface area contributed by atoms with Crippen molar-refractivity contribution in [2.45, 2.75) is 0 Å². The first kappa shape index (κ1) is 11.9. The second kappa shape index (κ2) is 4.20. The highest BCUT2D eigenvalue weighted by Crippen LogP contribution is 2.26. The lowest BCUT2D eigenvalue weighted by molar-refractivity contribution is 0.832. The summed E-state index contributed by atoms with van der Waals surface area (Å²) in [5.74, 6) is 0.536. The molecule has 0 bridgehead atoms. The van der Waals surface area contributed by atoms with Crippen LogP contribution in [-0.2, 0) is 7.05 Å². The summed E-state index contributed by atoms with van der Waals surface area (Å²) in [4.78, 5) is 32.7. The molecule has 6 nitrogen and oxygen atoms in total. The third-order valence-corrected chi connectivity index (χ3v) is 3.58. The molecule has 0 atom stereocenters. The Morgan fingerprint density at radius 1 is 1.21 bits per heavy atom. The zero-order valence-electron chi connectivity index (χ0n) is 9.90. The summed E-state index contributed by atoms with van der Waals surface area (Å²) < 4.78 is 2.16. The molecule has 0 amide bonds. The van der Waals surface area contributed by atoms with Crippen LogP contribution in [0.2, 0.25) is 0 Å². The summed E-state index contributed by atoms with van der Waals surface area (Å²) >= 11 is 3.43. The Balaban J connectivity index is 2.38. The SMILES string of the molecule is Cn1c(=O)[nH]c(=O)c2[nH]c(-c3ccccc3Br)nc21. The number of aromatic nitrogens is 4. The minimum atomic E-state index is -0.484. The lowest BCUT2D eigenvalue weighted by Crippen LogP contribution is -2.28. The number of nitrogens with zero attached hydrogens (tertiary/aromatic N) is 2. The van der Waals surface area contributed by atoms with Gasteiger partial charge in [-0.3, -0.25) is 14.3 Å². The van der Waals surface area contributed by atoms with Crippen molar-refractivity contribution in [2.24, 2.45) is 7.05 Å². The predicted octanol–water partition coefficient (Wildman–Crippen LogP) is 1.38. The van der Waals surface area contributed by atoms with Crippen molar-refractivity contribution in [3.8, 4) is 11.4 Å². The number of benzene rings is 1. The van der Waals surface area contributed by atoms with Crippen LogP contribution in [0.5, 0.6) is 0 Å². The van der Waals surface area contributed by atoms with Crippen LogP contribution in [0.15, 0.2) is 38.3 Å². The number of aromatic amines is 2. The number of hydrogen-bond acceptors (Lipinski definition) is 3. The maximum Gasteiger partial charge on any atom is 0.329 e. The maximum absolute atomic E-state index is 11.7. The van der Waals surface area contributed by atoms with Gasteiger partial charge in [0.05, 0.1) is 0 Å². The van der Waals surface area contributed by atoms with Gasteiger partial charge in [-0.15, -0.1) is 0 Å². The molecule has 19 heavy (non-hydrogen) atoms.